The van der Waals surface area contributed by atoms with Crippen LogP contribution in [0.1, 0.15) is 5.56 Å². The van der Waals surface area contributed by atoms with Gasteiger partial charge in [0.15, 0.2) is 0 Å². The van der Waals surface area contributed by atoms with E-state index < -0.39 is 0 Å². The molecule has 1 aromatic rings. The number of rotatable bonds is 5. The summed E-state index contributed by atoms with van der Waals surface area (Å²) >= 11 is 1.78. The highest BCUT2D eigenvalue weighted by atomic mass is 32.2. The molecule has 92 valence electrons. The summed E-state index contributed by atoms with van der Waals surface area (Å²) < 4.78 is 5.10. The van der Waals surface area contributed by atoms with Crippen molar-refractivity contribution in [3.63, 3.8) is 0 Å². The van der Waals surface area contributed by atoms with Crippen LogP contribution in [0.15, 0.2) is 18.2 Å². The van der Waals surface area contributed by atoms with Crippen molar-refractivity contribution in [2.24, 2.45) is 0 Å². The van der Waals surface area contributed by atoms with Crippen LogP contribution in [0, 0.1) is 10.1 Å². The van der Waals surface area contributed by atoms with Gasteiger partial charge < -0.3 is 10.1 Å². The lowest BCUT2D eigenvalue weighted by atomic mass is 10.1. The van der Waals surface area contributed by atoms with Gasteiger partial charge in [0.05, 0.1) is 23.4 Å². The average Bonchev–Trinajstić information content (AvgIpc) is 2.26. The molecule has 1 aromatic carbocycles. The van der Waals surface area contributed by atoms with E-state index in [2.05, 4.69) is 5.32 Å². The SMILES string of the molecule is CNc1c(CSC2COC2)cccc1[N+](=O)[O-]. The van der Waals surface area contributed by atoms with Crippen molar-refractivity contribution >= 4 is 23.1 Å². The summed E-state index contributed by atoms with van der Waals surface area (Å²) in [5.41, 5.74) is 1.72. The van der Waals surface area contributed by atoms with E-state index in [9.17, 15) is 10.1 Å². The van der Waals surface area contributed by atoms with E-state index in [0.29, 0.717) is 10.9 Å². The second kappa shape index (κ2) is 5.37. The number of benzene rings is 1. The topological polar surface area (TPSA) is 64.4 Å². The van der Waals surface area contributed by atoms with Gasteiger partial charge in [-0.2, -0.15) is 0 Å². The molecular formula is C11H14N2O3S. The maximum absolute atomic E-state index is 10.9. The third-order valence-electron chi connectivity index (χ3n) is 2.66. The highest BCUT2D eigenvalue weighted by molar-refractivity contribution is 7.99. The fraction of sp³-hybridized carbons (Fsp3) is 0.455. The molecule has 0 unspecified atom stereocenters. The van der Waals surface area contributed by atoms with Crippen LogP contribution in [0.4, 0.5) is 11.4 Å². The second-order valence-electron chi connectivity index (χ2n) is 3.79. The Morgan fingerprint density at radius 1 is 1.59 bits per heavy atom. The van der Waals surface area contributed by atoms with Crippen molar-refractivity contribution in [3.8, 4) is 0 Å². The van der Waals surface area contributed by atoms with Gasteiger partial charge in [-0.05, 0) is 5.56 Å². The normalized spacial score (nSPS) is 15.4. The van der Waals surface area contributed by atoms with Crippen LogP contribution in [-0.4, -0.2) is 30.4 Å². The van der Waals surface area contributed by atoms with Gasteiger partial charge in [-0.15, -0.1) is 11.8 Å². The first kappa shape index (κ1) is 12.2. The Morgan fingerprint density at radius 3 is 2.88 bits per heavy atom. The van der Waals surface area contributed by atoms with E-state index in [1.165, 1.54) is 6.07 Å². The first-order valence-electron chi connectivity index (χ1n) is 5.35. The van der Waals surface area contributed by atoms with Crippen molar-refractivity contribution in [3.05, 3.63) is 33.9 Å². The molecule has 0 aliphatic carbocycles. The minimum Gasteiger partial charge on any atom is -0.382 e. The number of hydrogen-bond donors (Lipinski definition) is 1. The summed E-state index contributed by atoms with van der Waals surface area (Å²) in [6.07, 6.45) is 0. The van der Waals surface area contributed by atoms with Crippen LogP contribution in [0.3, 0.4) is 0 Å². The summed E-state index contributed by atoms with van der Waals surface area (Å²) in [6, 6.07) is 5.17. The summed E-state index contributed by atoms with van der Waals surface area (Å²) in [5.74, 6) is 0.770. The number of anilines is 1. The van der Waals surface area contributed by atoms with Gasteiger partial charge in [0.1, 0.15) is 5.69 Å². The lowest BCUT2D eigenvalue weighted by Crippen LogP contribution is -2.30. The van der Waals surface area contributed by atoms with E-state index >= 15 is 0 Å². The Bertz CT molecular complexity index is 421. The quantitative estimate of drug-likeness (QED) is 0.645. The van der Waals surface area contributed by atoms with Crippen molar-refractivity contribution in [1.82, 2.24) is 0 Å². The molecule has 1 aliphatic rings. The molecule has 1 saturated heterocycles. The predicted octanol–water partition coefficient (Wildman–Crippen LogP) is 2.27. The van der Waals surface area contributed by atoms with Gasteiger partial charge in [-0.3, -0.25) is 10.1 Å². The standard InChI is InChI=1S/C11H14N2O3S/c1-12-11-8(7-17-9-5-16-6-9)3-2-4-10(11)13(14)15/h2-4,9,12H,5-7H2,1H3. The Kier molecular flexibility index (Phi) is 3.86. The molecule has 1 N–H and O–H groups in total. The first-order valence-corrected chi connectivity index (χ1v) is 6.40. The molecule has 0 bridgehead atoms. The van der Waals surface area contributed by atoms with Crippen LogP contribution >= 0.6 is 11.8 Å². The van der Waals surface area contributed by atoms with Crippen LogP contribution in [0.5, 0.6) is 0 Å². The smallest absolute Gasteiger partial charge is 0.292 e. The zero-order valence-electron chi connectivity index (χ0n) is 9.51. The summed E-state index contributed by atoms with van der Waals surface area (Å²) in [6.45, 7) is 1.57. The Morgan fingerprint density at radius 2 is 2.35 bits per heavy atom. The fourth-order valence-electron chi connectivity index (χ4n) is 1.67. The number of ether oxygens (including phenoxy) is 1. The zero-order chi connectivity index (χ0) is 12.3. The number of nitrogens with one attached hydrogen (secondary N) is 1. The Hall–Kier alpha value is -1.27. The van der Waals surface area contributed by atoms with Crippen molar-refractivity contribution in [2.75, 3.05) is 25.6 Å². The summed E-state index contributed by atoms with van der Waals surface area (Å²) in [4.78, 5) is 10.5. The number of nitro groups is 1. The average molecular weight is 254 g/mol. The van der Waals surface area contributed by atoms with Gasteiger partial charge in [0, 0.05) is 18.9 Å². The van der Waals surface area contributed by atoms with Crippen LogP contribution < -0.4 is 5.32 Å². The van der Waals surface area contributed by atoms with Crippen molar-refractivity contribution in [1.29, 1.82) is 0 Å². The molecule has 0 spiro atoms. The molecule has 0 radical (unpaired) electrons. The minimum atomic E-state index is -0.355. The molecule has 5 nitrogen and oxygen atoms in total. The van der Waals surface area contributed by atoms with E-state index in [4.69, 9.17) is 4.74 Å². The number of thioether (sulfide) groups is 1. The van der Waals surface area contributed by atoms with E-state index in [0.717, 1.165) is 24.5 Å². The van der Waals surface area contributed by atoms with Gasteiger partial charge in [0.25, 0.3) is 5.69 Å². The molecule has 1 aliphatic heterocycles. The van der Waals surface area contributed by atoms with E-state index in [1.54, 1.807) is 24.9 Å². The number of nitrogens with zero attached hydrogens (tertiary/aromatic N) is 1. The third kappa shape index (κ3) is 2.70. The monoisotopic (exact) mass is 254 g/mol. The second-order valence-corrected chi connectivity index (χ2v) is 5.08. The van der Waals surface area contributed by atoms with Gasteiger partial charge in [0.2, 0.25) is 0 Å². The molecule has 1 heterocycles. The Labute approximate surface area is 104 Å². The number of nitro benzene ring substituents is 1. The molecule has 0 saturated carbocycles. The maximum atomic E-state index is 10.9. The van der Waals surface area contributed by atoms with Crippen LogP contribution in [0.2, 0.25) is 0 Å². The lowest BCUT2D eigenvalue weighted by molar-refractivity contribution is -0.384. The molecule has 0 aromatic heterocycles. The fourth-order valence-corrected chi connectivity index (χ4v) is 2.71. The van der Waals surface area contributed by atoms with Gasteiger partial charge in [-0.25, -0.2) is 0 Å². The minimum absolute atomic E-state index is 0.135. The maximum Gasteiger partial charge on any atom is 0.292 e. The van der Waals surface area contributed by atoms with E-state index in [1.807, 2.05) is 6.07 Å². The number of hydrogen-bond acceptors (Lipinski definition) is 5. The first-order chi connectivity index (χ1) is 8.22. The van der Waals surface area contributed by atoms with Crippen molar-refractivity contribution in [2.45, 2.75) is 11.0 Å². The molecule has 0 amide bonds. The Balaban J connectivity index is 2.13. The van der Waals surface area contributed by atoms with Gasteiger partial charge >= 0.3 is 0 Å². The van der Waals surface area contributed by atoms with E-state index in [-0.39, 0.29) is 10.6 Å². The number of para-hydroxylation sites is 1. The predicted molar refractivity (Wildman–Crippen MR) is 68.5 cm³/mol. The summed E-state index contributed by atoms with van der Waals surface area (Å²) in [7, 11) is 1.71. The van der Waals surface area contributed by atoms with Gasteiger partial charge in [-0.1, -0.05) is 12.1 Å². The lowest BCUT2D eigenvalue weighted by Gasteiger charge is -2.25. The summed E-state index contributed by atoms with van der Waals surface area (Å²) in [5, 5.41) is 14.3. The third-order valence-corrected chi connectivity index (χ3v) is 3.88. The van der Waals surface area contributed by atoms with Crippen LogP contribution in [0.25, 0.3) is 0 Å². The van der Waals surface area contributed by atoms with Crippen molar-refractivity contribution < 1.29 is 9.66 Å². The molecule has 6 heteroatoms. The largest absolute Gasteiger partial charge is 0.382 e. The molecule has 17 heavy (non-hydrogen) atoms. The molecular weight excluding hydrogens is 240 g/mol. The zero-order valence-corrected chi connectivity index (χ0v) is 10.3. The highest BCUT2D eigenvalue weighted by Gasteiger charge is 2.21. The highest BCUT2D eigenvalue weighted by Crippen LogP contribution is 2.32. The molecule has 2 rings (SSSR count). The molecule has 0 atom stereocenters. The van der Waals surface area contributed by atoms with Crippen LogP contribution in [-0.2, 0) is 10.5 Å². The molecule has 1 fully saturated rings.